The zero-order valence-corrected chi connectivity index (χ0v) is 17.6. The van der Waals surface area contributed by atoms with Crippen molar-refractivity contribution in [3.05, 3.63) is 60.2 Å². The van der Waals surface area contributed by atoms with E-state index in [1.54, 1.807) is 24.3 Å². The molecule has 31 heavy (non-hydrogen) atoms. The standard InChI is InChI=1S/C22H23N5O3S/c23-22(24)26-21(28)18-13-19(14-6-2-1-3-7-14)25-20-12-15(10-11-17(18)20)27-31(29,30)16-8-4-5-9-16/h1-3,6-7,10-13,16,27H,4-5,8-9H2,(H4,23,24,26,28). The van der Waals surface area contributed by atoms with Crippen LogP contribution in [-0.4, -0.2) is 30.5 Å². The predicted octanol–water partition coefficient (Wildman–Crippen LogP) is 3.00. The first kappa shape index (κ1) is 20.8. The number of nitrogens with two attached hydrogens (primary N) is 2. The fourth-order valence-corrected chi connectivity index (χ4v) is 5.43. The third kappa shape index (κ3) is 4.51. The lowest BCUT2D eigenvalue weighted by Crippen LogP contribution is -2.25. The van der Waals surface area contributed by atoms with E-state index in [2.05, 4.69) is 14.7 Å². The van der Waals surface area contributed by atoms with Gasteiger partial charge in [0.1, 0.15) is 0 Å². The molecule has 0 atom stereocenters. The van der Waals surface area contributed by atoms with E-state index in [0.29, 0.717) is 35.1 Å². The third-order valence-electron chi connectivity index (χ3n) is 5.34. The fourth-order valence-electron chi connectivity index (χ4n) is 3.85. The van der Waals surface area contributed by atoms with Gasteiger partial charge < -0.3 is 11.5 Å². The van der Waals surface area contributed by atoms with Crippen LogP contribution in [0.25, 0.3) is 22.2 Å². The molecule has 1 amide bonds. The Hall–Kier alpha value is -3.46. The van der Waals surface area contributed by atoms with Gasteiger partial charge in [-0.1, -0.05) is 43.2 Å². The molecule has 5 N–H and O–H groups in total. The van der Waals surface area contributed by atoms with Gasteiger partial charge in [-0.2, -0.15) is 4.99 Å². The number of carbonyl (C=O) groups excluding carboxylic acids is 1. The number of nitrogens with zero attached hydrogens (tertiary/aromatic N) is 2. The lowest BCUT2D eigenvalue weighted by Gasteiger charge is -2.14. The van der Waals surface area contributed by atoms with Crippen LogP contribution < -0.4 is 16.2 Å². The van der Waals surface area contributed by atoms with Gasteiger partial charge in [-0.3, -0.25) is 9.52 Å². The SMILES string of the molecule is NC(N)=NC(=O)c1cc(-c2ccccc2)nc2cc(NS(=O)(=O)C3CCCC3)ccc12. The summed E-state index contributed by atoms with van der Waals surface area (Å²) in [4.78, 5) is 21.0. The van der Waals surface area contributed by atoms with Gasteiger partial charge in [0.2, 0.25) is 10.0 Å². The number of hydrogen-bond acceptors (Lipinski definition) is 4. The number of carbonyl (C=O) groups is 1. The number of fused-ring (bicyclic) bond motifs is 1. The maximum atomic E-state index is 12.7. The average Bonchev–Trinajstić information content (AvgIpc) is 3.28. The molecule has 2 aromatic carbocycles. The van der Waals surface area contributed by atoms with Crippen molar-refractivity contribution in [1.82, 2.24) is 4.98 Å². The van der Waals surface area contributed by atoms with Crippen LogP contribution in [0.4, 0.5) is 5.69 Å². The van der Waals surface area contributed by atoms with Gasteiger partial charge >= 0.3 is 0 Å². The van der Waals surface area contributed by atoms with Gasteiger partial charge in [0.15, 0.2) is 5.96 Å². The Kier molecular flexibility index (Phi) is 5.60. The number of sulfonamides is 1. The minimum absolute atomic E-state index is 0.280. The number of aromatic nitrogens is 1. The smallest absolute Gasteiger partial charge is 0.280 e. The van der Waals surface area contributed by atoms with E-state index < -0.39 is 15.9 Å². The van der Waals surface area contributed by atoms with E-state index in [0.717, 1.165) is 18.4 Å². The minimum atomic E-state index is -3.49. The number of guanidine groups is 1. The van der Waals surface area contributed by atoms with Gasteiger partial charge in [0, 0.05) is 10.9 Å². The molecule has 0 bridgehead atoms. The molecule has 1 saturated carbocycles. The summed E-state index contributed by atoms with van der Waals surface area (Å²) >= 11 is 0. The topological polar surface area (TPSA) is 141 Å². The Balaban J connectivity index is 1.81. The van der Waals surface area contributed by atoms with Crippen LogP contribution in [0.3, 0.4) is 0 Å². The second-order valence-corrected chi connectivity index (χ2v) is 9.51. The molecule has 0 radical (unpaired) electrons. The van der Waals surface area contributed by atoms with E-state index in [-0.39, 0.29) is 16.8 Å². The predicted molar refractivity (Wildman–Crippen MR) is 122 cm³/mol. The second-order valence-electron chi connectivity index (χ2n) is 7.55. The Labute approximate surface area is 180 Å². The van der Waals surface area contributed by atoms with Crippen molar-refractivity contribution in [3.8, 4) is 11.3 Å². The number of pyridine rings is 1. The average molecular weight is 438 g/mol. The Morgan fingerprint density at radius 1 is 1.03 bits per heavy atom. The Bertz CT molecular complexity index is 1260. The summed E-state index contributed by atoms with van der Waals surface area (Å²) in [6.07, 6.45) is 3.16. The first-order chi connectivity index (χ1) is 14.8. The third-order valence-corrected chi connectivity index (χ3v) is 7.21. The molecule has 8 nitrogen and oxygen atoms in total. The van der Waals surface area contributed by atoms with E-state index in [4.69, 9.17) is 11.5 Å². The quantitative estimate of drug-likeness (QED) is 0.414. The molecule has 1 heterocycles. The highest BCUT2D eigenvalue weighted by molar-refractivity contribution is 7.93. The van der Waals surface area contributed by atoms with Gasteiger partial charge in [0.05, 0.1) is 27.7 Å². The van der Waals surface area contributed by atoms with Crippen molar-refractivity contribution in [3.63, 3.8) is 0 Å². The molecule has 160 valence electrons. The summed E-state index contributed by atoms with van der Waals surface area (Å²) in [7, 11) is -3.49. The highest BCUT2D eigenvalue weighted by atomic mass is 32.2. The second kappa shape index (κ2) is 8.35. The largest absolute Gasteiger partial charge is 0.370 e. The van der Waals surface area contributed by atoms with E-state index in [1.165, 1.54) is 0 Å². The summed E-state index contributed by atoms with van der Waals surface area (Å²) in [6, 6.07) is 15.9. The number of hydrogen-bond donors (Lipinski definition) is 3. The highest BCUT2D eigenvalue weighted by Crippen LogP contribution is 2.30. The number of rotatable bonds is 5. The molecular formula is C22H23N5O3S. The van der Waals surface area contributed by atoms with Crippen molar-refractivity contribution >= 4 is 38.5 Å². The molecule has 1 aliphatic rings. The van der Waals surface area contributed by atoms with E-state index in [1.807, 2.05) is 30.3 Å². The lowest BCUT2D eigenvalue weighted by atomic mass is 10.0. The van der Waals surface area contributed by atoms with Crippen molar-refractivity contribution < 1.29 is 13.2 Å². The maximum absolute atomic E-state index is 12.7. The summed E-state index contributed by atoms with van der Waals surface area (Å²) in [5.41, 5.74) is 13.3. The van der Waals surface area contributed by atoms with E-state index >= 15 is 0 Å². The first-order valence-corrected chi connectivity index (χ1v) is 11.5. The number of benzene rings is 2. The Morgan fingerprint density at radius 3 is 2.42 bits per heavy atom. The van der Waals surface area contributed by atoms with Crippen molar-refractivity contribution in [1.29, 1.82) is 0 Å². The van der Waals surface area contributed by atoms with Crippen molar-refractivity contribution in [2.24, 2.45) is 16.5 Å². The highest BCUT2D eigenvalue weighted by Gasteiger charge is 2.28. The molecule has 1 fully saturated rings. The van der Waals surface area contributed by atoms with Crippen LogP contribution in [0.2, 0.25) is 0 Å². The van der Waals surface area contributed by atoms with E-state index in [9.17, 15) is 13.2 Å². The van der Waals surface area contributed by atoms with Gasteiger partial charge in [-0.05, 0) is 37.1 Å². The van der Waals surface area contributed by atoms with Crippen molar-refractivity contribution in [2.45, 2.75) is 30.9 Å². The lowest BCUT2D eigenvalue weighted by molar-refractivity contribution is 0.100. The summed E-state index contributed by atoms with van der Waals surface area (Å²) in [5, 5.41) is 0.143. The van der Waals surface area contributed by atoms with Gasteiger partial charge in [-0.15, -0.1) is 0 Å². The van der Waals surface area contributed by atoms with Crippen LogP contribution in [0, 0.1) is 0 Å². The Morgan fingerprint density at radius 2 is 1.74 bits per heavy atom. The number of aliphatic imine (C=N–C) groups is 1. The summed E-state index contributed by atoms with van der Waals surface area (Å²) in [5.74, 6) is -0.930. The zero-order valence-electron chi connectivity index (χ0n) is 16.8. The van der Waals surface area contributed by atoms with Crippen LogP contribution >= 0.6 is 0 Å². The normalized spacial score (nSPS) is 14.5. The van der Waals surface area contributed by atoms with Crippen LogP contribution in [0.1, 0.15) is 36.0 Å². The molecule has 0 saturated heterocycles. The van der Waals surface area contributed by atoms with Crippen LogP contribution in [0.15, 0.2) is 59.6 Å². The molecule has 0 unspecified atom stereocenters. The summed E-state index contributed by atoms with van der Waals surface area (Å²) < 4.78 is 28.1. The molecule has 3 aromatic rings. The number of anilines is 1. The van der Waals surface area contributed by atoms with Gasteiger partial charge in [0.25, 0.3) is 5.91 Å². The molecule has 1 aliphatic carbocycles. The maximum Gasteiger partial charge on any atom is 0.280 e. The fraction of sp³-hybridized carbons (Fsp3) is 0.227. The molecule has 1 aromatic heterocycles. The molecule has 9 heteroatoms. The molecular weight excluding hydrogens is 414 g/mol. The number of nitrogens with one attached hydrogen (secondary N) is 1. The minimum Gasteiger partial charge on any atom is -0.370 e. The molecule has 4 rings (SSSR count). The van der Waals surface area contributed by atoms with Gasteiger partial charge in [-0.25, -0.2) is 13.4 Å². The van der Waals surface area contributed by atoms with Crippen LogP contribution in [0.5, 0.6) is 0 Å². The molecule has 0 aliphatic heterocycles. The number of amides is 1. The molecule has 0 spiro atoms. The van der Waals surface area contributed by atoms with Crippen LogP contribution in [-0.2, 0) is 10.0 Å². The monoisotopic (exact) mass is 437 g/mol. The summed E-state index contributed by atoms with van der Waals surface area (Å²) in [6.45, 7) is 0. The van der Waals surface area contributed by atoms with Crippen molar-refractivity contribution in [2.75, 3.05) is 4.72 Å². The zero-order chi connectivity index (χ0) is 22.0. The first-order valence-electron chi connectivity index (χ1n) is 9.99.